The van der Waals surface area contributed by atoms with Crippen LogP contribution in [0.15, 0.2) is 18.3 Å². The van der Waals surface area contributed by atoms with Crippen molar-refractivity contribution in [1.82, 2.24) is 19.7 Å². The molecule has 22 heavy (non-hydrogen) atoms. The molecule has 0 aromatic carbocycles. The molecule has 0 saturated carbocycles. The Labute approximate surface area is 129 Å². The van der Waals surface area contributed by atoms with Crippen molar-refractivity contribution in [3.8, 4) is 0 Å². The number of nitrogens with one attached hydrogen (secondary N) is 1. The fraction of sp³-hybridized carbons (Fsp3) is 0.533. The molecule has 1 fully saturated rings. The van der Waals surface area contributed by atoms with Crippen LogP contribution in [0.4, 0.5) is 0 Å². The van der Waals surface area contributed by atoms with Gasteiger partial charge in [-0.05, 0) is 12.1 Å². The third kappa shape index (κ3) is 3.29. The van der Waals surface area contributed by atoms with E-state index in [1.807, 2.05) is 19.3 Å². The monoisotopic (exact) mass is 306 g/mol. The molecule has 0 spiro atoms. The van der Waals surface area contributed by atoms with Crippen LogP contribution in [-0.4, -0.2) is 65.3 Å². The van der Waals surface area contributed by atoms with Gasteiger partial charge in [-0.25, -0.2) is 0 Å². The lowest BCUT2D eigenvalue weighted by molar-refractivity contribution is -0.130. The van der Waals surface area contributed by atoms with Gasteiger partial charge in [-0.1, -0.05) is 0 Å². The summed E-state index contributed by atoms with van der Waals surface area (Å²) < 4.78 is 1.75. The second-order valence-corrected chi connectivity index (χ2v) is 5.53. The molecule has 1 N–H and O–H groups in total. The molecular formula is C15H22N4O3. The van der Waals surface area contributed by atoms with Crippen LogP contribution in [0, 0.1) is 5.92 Å². The van der Waals surface area contributed by atoms with E-state index in [-0.39, 0.29) is 17.7 Å². The Morgan fingerprint density at radius 3 is 2.36 bits per heavy atom. The lowest BCUT2D eigenvalue weighted by atomic mass is 10.1. The summed E-state index contributed by atoms with van der Waals surface area (Å²) in [4.78, 5) is 39.6. The highest BCUT2D eigenvalue weighted by Gasteiger charge is 2.31. The van der Waals surface area contributed by atoms with Gasteiger partial charge in [0.2, 0.25) is 11.8 Å². The van der Waals surface area contributed by atoms with Crippen molar-refractivity contribution in [3.05, 3.63) is 24.0 Å². The highest BCUT2D eigenvalue weighted by atomic mass is 16.2. The highest BCUT2D eigenvalue weighted by molar-refractivity contribution is 5.93. The number of aryl methyl sites for hydroxylation is 1. The van der Waals surface area contributed by atoms with Gasteiger partial charge in [-0.2, -0.15) is 0 Å². The zero-order valence-corrected chi connectivity index (χ0v) is 13.2. The van der Waals surface area contributed by atoms with E-state index >= 15 is 0 Å². The van der Waals surface area contributed by atoms with Crippen LogP contribution in [0.5, 0.6) is 0 Å². The van der Waals surface area contributed by atoms with Gasteiger partial charge in [0, 0.05) is 53.4 Å². The standard InChI is InChI=1S/C15H22N4O3/c1-11(20)18-7-8-19(10-12(9-18)14(21)16-2)15(22)13-5-4-6-17(13)3/h4-6,12H,7-10H2,1-3H3,(H,16,21). The molecule has 1 saturated heterocycles. The predicted molar refractivity (Wildman–Crippen MR) is 81.1 cm³/mol. The van der Waals surface area contributed by atoms with Crippen molar-refractivity contribution >= 4 is 17.7 Å². The Morgan fingerprint density at radius 1 is 1.18 bits per heavy atom. The Kier molecular flexibility index (Phi) is 4.85. The molecule has 2 rings (SSSR count). The summed E-state index contributed by atoms with van der Waals surface area (Å²) in [6.45, 7) is 3.01. The fourth-order valence-corrected chi connectivity index (χ4v) is 2.70. The molecular weight excluding hydrogens is 284 g/mol. The highest BCUT2D eigenvalue weighted by Crippen LogP contribution is 2.14. The first-order chi connectivity index (χ1) is 10.4. The largest absolute Gasteiger partial charge is 0.359 e. The molecule has 7 nitrogen and oxygen atoms in total. The smallest absolute Gasteiger partial charge is 0.270 e. The third-order valence-corrected chi connectivity index (χ3v) is 4.03. The SMILES string of the molecule is CNC(=O)C1CN(C(C)=O)CCN(C(=O)c2cccn2C)C1. The quantitative estimate of drug-likeness (QED) is 0.814. The van der Waals surface area contributed by atoms with Gasteiger partial charge in [-0.15, -0.1) is 0 Å². The lowest BCUT2D eigenvalue weighted by Crippen LogP contribution is -2.42. The zero-order valence-electron chi connectivity index (χ0n) is 13.2. The molecule has 0 bridgehead atoms. The summed E-state index contributed by atoms with van der Waals surface area (Å²) in [5.74, 6) is -0.771. The number of carbonyl (C=O) groups excluding carboxylic acids is 3. The number of rotatable bonds is 2. The van der Waals surface area contributed by atoms with Gasteiger partial charge >= 0.3 is 0 Å². The first-order valence-corrected chi connectivity index (χ1v) is 7.31. The number of hydrogen-bond acceptors (Lipinski definition) is 3. The number of aromatic nitrogens is 1. The molecule has 3 amide bonds. The molecule has 0 aliphatic carbocycles. The van der Waals surface area contributed by atoms with E-state index in [9.17, 15) is 14.4 Å². The maximum Gasteiger partial charge on any atom is 0.270 e. The van der Waals surface area contributed by atoms with E-state index in [0.717, 1.165) is 0 Å². The van der Waals surface area contributed by atoms with E-state index in [4.69, 9.17) is 0 Å². The van der Waals surface area contributed by atoms with Crippen molar-refractivity contribution in [2.45, 2.75) is 6.92 Å². The van der Waals surface area contributed by atoms with Gasteiger partial charge in [0.25, 0.3) is 5.91 Å². The Morgan fingerprint density at radius 2 is 1.82 bits per heavy atom. The summed E-state index contributed by atoms with van der Waals surface area (Å²) in [6.07, 6.45) is 1.81. The summed E-state index contributed by atoms with van der Waals surface area (Å²) in [5, 5.41) is 2.61. The molecule has 1 atom stereocenters. The lowest BCUT2D eigenvalue weighted by Gasteiger charge is -2.23. The van der Waals surface area contributed by atoms with Crippen LogP contribution in [-0.2, 0) is 16.6 Å². The second-order valence-electron chi connectivity index (χ2n) is 5.53. The third-order valence-electron chi connectivity index (χ3n) is 4.03. The van der Waals surface area contributed by atoms with Crippen LogP contribution in [0.2, 0.25) is 0 Å². The van der Waals surface area contributed by atoms with Crippen LogP contribution < -0.4 is 5.32 Å². The van der Waals surface area contributed by atoms with Gasteiger partial charge in [0.1, 0.15) is 5.69 Å². The molecule has 1 aromatic rings. The summed E-state index contributed by atoms with van der Waals surface area (Å²) >= 11 is 0. The minimum absolute atomic E-state index is 0.0814. The molecule has 1 aromatic heterocycles. The predicted octanol–water partition coefficient (Wildman–Crippen LogP) is -0.308. The Hall–Kier alpha value is -2.31. The van der Waals surface area contributed by atoms with Gasteiger partial charge in [0.15, 0.2) is 0 Å². The van der Waals surface area contributed by atoms with E-state index in [2.05, 4.69) is 5.32 Å². The molecule has 1 aliphatic rings. The number of carbonyl (C=O) groups is 3. The van der Waals surface area contributed by atoms with Crippen molar-refractivity contribution in [1.29, 1.82) is 0 Å². The Balaban J connectivity index is 2.21. The minimum atomic E-state index is -0.416. The van der Waals surface area contributed by atoms with Gasteiger partial charge < -0.3 is 19.7 Å². The summed E-state index contributed by atoms with van der Waals surface area (Å²) in [5.41, 5.74) is 0.576. The molecule has 120 valence electrons. The van der Waals surface area contributed by atoms with Crippen LogP contribution in [0.1, 0.15) is 17.4 Å². The van der Waals surface area contributed by atoms with Crippen molar-refractivity contribution in [3.63, 3.8) is 0 Å². The van der Waals surface area contributed by atoms with Crippen molar-refractivity contribution < 1.29 is 14.4 Å². The molecule has 0 radical (unpaired) electrons. The van der Waals surface area contributed by atoms with E-state index in [1.54, 1.807) is 27.5 Å². The first-order valence-electron chi connectivity index (χ1n) is 7.31. The summed E-state index contributed by atoms with van der Waals surface area (Å²) in [7, 11) is 3.37. The second kappa shape index (κ2) is 6.64. The Bertz CT molecular complexity index is 581. The van der Waals surface area contributed by atoms with Gasteiger partial charge in [-0.3, -0.25) is 14.4 Å². The van der Waals surface area contributed by atoms with Crippen LogP contribution in [0.25, 0.3) is 0 Å². The normalized spacial score (nSPS) is 18.8. The van der Waals surface area contributed by atoms with Crippen molar-refractivity contribution in [2.75, 3.05) is 33.2 Å². The average molecular weight is 306 g/mol. The molecule has 7 heteroatoms. The zero-order chi connectivity index (χ0) is 16.3. The number of nitrogens with zero attached hydrogens (tertiary/aromatic N) is 3. The van der Waals surface area contributed by atoms with Crippen molar-refractivity contribution in [2.24, 2.45) is 13.0 Å². The fourth-order valence-electron chi connectivity index (χ4n) is 2.70. The summed E-state index contributed by atoms with van der Waals surface area (Å²) in [6, 6.07) is 3.56. The molecule has 1 aliphatic heterocycles. The van der Waals surface area contributed by atoms with Gasteiger partial charge in [0.05, 0.1) is 5.92 Å². The topological polar surface area (TPSA) is 74.7 Å². The maximum atomic E-state index is 12.6. The maximum absolute atomic E-state index is 12.6. The number of hydrogen-bond donors (Lipinski definition) is 1. The van der Waals surface area contributed by atoms with Crippen LogP contribution in [0.3, 0.4) is 0 Å². The van der Waals surface area contributed by atoms with E-state index in [1.165, 1.54) is 6.92 Å². The molecule has 2 heterocycles. The van der Waals surface area contributed by atoms with E-state index in [0.29, 0.717) is 31.9 Å². The van der Waals surface area contributed by atoms with Crippen LogP contribution >= 0.6 is 0 Å². The van der Waals surface area contributed by atoms with E-state index < -0.39 is 5.92 Å². The first kappa shape index (κ1) is 16.1. The molecule has 1 unspecified atom stereocenters. The minimum Gasteiger partial charge on any atom is -0.359 e. The number of amides is 3. The average Bonchev–Trinajstić information content (AvgIpc) is 2.79.